The predicted molar refractivity (Wildman–Crippen MR) is 118 cm³/mol. The van der Waals surface area contributed by atoms with E-state index in [1.165, 1.54) is 64.2 Å². The van der Waals surface area contributed by atoms with Gasteiger partial charge in [0.25, 0.3) is 0 Å². The first-order chi connectivity index (χ1) is 14.2. The average molecular weight is 405 g/mol. The van der Waals surface area contributed by atoms with Crippen LogP contribution in [0.2, 0.25) is 0 Å². The minimum absolute atomic E-state index is 0.191. The highest BCUT2D eigenvalue weighted by atomic mass is 16.6. The van der Waals surface area contributed by atoms with Crippen molar-refractivity contribution < 1.29 is 19.1 Å². The molecule has 0 saturated carbocycles. The molecule has 0 saturated heterocycles. The van der Waals surface area contributed by atoms with Crippen molar-refractivity contribution >= 4 is 11.9 Å². The Morgan fingerprint density at radius 3 is 1.59 bits per heavy atom. The molecule has 1 aromatic carbocycles. The largest absolute Gasteiger partial charge is 0.457 e. The van der Waals surface area contributed by atoms with Crippen molar-refractivity contribution in [2.45, 2.75) is 96.8 Å². The summed E-state index contributed by atoms with van der Waals surface area (Å²) >= 11 is 0. The Kier molecular flexibility index (Phi) is 15.8. The first-order valence-electron chi connectivity index (χ1n) is 11.6. The topological polar surface area (TPSA) is 52.6 Å². The highest BCUT2D eigenvalue weighted by molar-refractivity contribution is 6.29. The number of rotatable bonds is 17. The van der Waals surface area contributed by atoms with Crippen LogP contribution in [0.3, 0.4) is 0 Å². The monoisotopic (exact) mass is 404 g/mol. The van der Waals surface area contributed by atoms with E-state index in [1.807, 2.05) is 30.3 Å². The van der Waals surface area contributed by atoms with Crippen molar-refractivity contribution in [1.29, 1.82) is 0 Å². The van der Waals surface area contributed by atoms with Crippen molar-refractivity contribution in [3.05, 3.63) is 35.9 Å². The molecule has 0 aliphatic rings. The van der Waals surface area contributed by atoms with Gasteiger partial charge < -0.3 is 9.47 Å². The predicted octanol–water partition coefficient (Wildman–Crippen LogP) is 6.41. The van der Waals surface area contributed by atoms with Crippen molar-refractivity contribution in [2.24, 2.45) is 0 Å². The molecular formula is C25H40O4. The maximum atomic E-state index is 11.6. The molecule has 0 aliphatic carbocycles. The van der Waals surface area contributed by atoms with Gasteiger partial charge in [-0.25, -0.2) is 9.59 Å². The van der Waals surface area contributed by atoms with Crippen LogP contribution in [0.25, 0.3) is 0 Å². The summed E-state index contributed by atoms with van der Waals surface area (Å²) in [6.07, 6.45) is 17.1. The molecule has 1 rings (SSSR count). The minimum Gasteiger partial charge on any atom is -0.457 e. The van der Waals surface area contributed by atoms with Gasteiger partial charge in [0.05, 0.1) is 13.2 Å². The Balaban J connectivity index is 1.85. The summed E-state index contributed by atoms with van der Waals surface area (Å²) in [6.45, 7) is 2.74. The Morgan fingerprint density at radius 1 is 0.621 bits per heavy atom. The van der Waals surface area contributed by atoms with Gasteiger partial charge in [0.1, 0.15) is 0 Å². The van der Waals surface area contributed by atoms with Crippen LogP contribution in [0.5, 0.6) is 0 Å². The highest BCUT2D eigenvalue weighted by Crippen LogP contribution is 2.12. The summed E-state index contributed by atoms with van der Waals surface area (Å²) in [7, 11) is 0. The zero-order valence-electron chi connectivity index (χ0n) is 18.3. The molecule has 0 atom stereocenters. The van der Waals surface area contributed by atoms with Gasteiger partial charge in [-0.3, -0.25) is 0 Å². The van der Waals surface area contributed by atoms with E-state index in [4.69, 9.17) is 9.47 Å². The molecule has 0 fully saturated rings. The molecule has 1 aromatic rings. The fourth-order valence-electron chi connectivity index (χ4n) is 3.31. The molecule has 0 amide bonds. The van der Waals surface area contributed by atoms with Gasteiger partial charge in [0, 0.05) is 6.42 Å². The van der Waals surface area contributed by atoms with Gasteiger partial charge in [0.15, 0.2) is 0 Å². The van der Waals surface area contributed by atoms with Crippen LogP contribution < -0.4 is 0 Å². The number of ether oxygens (including phenoxy) is 2. The van der Waals surface area contributed by atoms with Crippen molar-refractivity contribution in [3.8, 4) is 0 Å². The molecule has 4 nitrogen and oxygen atoms in total. The van der Waals surface area contributed by atoms with Crippen LogP contribution in [-0.4, -0.2) is 25.2 Å². The van der Waals surface area contributed by atoms with Gasteiger partial charge in [-0.2, -0.15) is 0 Å². The number of hydrogen-bond donors (Lipinski definition) is 0. The molecule has 0 N–H and O–H groups in total. The third kappa shape index (κ3) is 14.8. The summed E-state index contributed by atoms with van der Waals surface area (Å²) in [5.74, 6) is -1.77. The molecule has 0 radical (unpaired) electrons. The van der Waals surface area contributed by atoms with Crippen LogP contribution in [0.15, 0.2) is 30.3 Å². The second kappa shape index (κ2) is 18.2. The Hall–Kier alpha value is -1.84. The third-order valence-electron chi connectivity index (χ3n) is 5.11. The summed E-state index contributed by atoms with van der Waals surface area (Å²) in [5, 5.41) is 0. The van der Waals surface area contributed by atoms with E-state index in [-0.39, 0.29) is 6.61 Å². The van der Waals surface area contributed by atoms with E-state index in [1.54, 1.807) is 0 Å². The quantitative estimate of drug-likeness (QED) is 0.171. The summed E-state index contributed by atoms with van der Waals surface area (Å²) < 4.78 is 9.96. The lowest BCUT2D eigenvalue weighted by Crippen LogP contribution is -2.21. The lowest BCUT2D eigenvalue weighted by atomic mass is 10.0. The fraction of sp³-hybridized carbons (Fsp3) is 0.680. The number of hydrogen-bond acceptors (Lipinski definition) is 4. The van der Waals surface area contributed by atoms with Crippen LogP contribution in [0.1, 0.15) is 96.0 Å². The van der Waals surface area contributed by atoms with E-state index in [0.29, 0.717) is 13.0 Å². The Morgan fingerprint density at radius 2 is 1.07 bits per heavy atom. The lowest BCUT2D eigenvalue weighted by molar-refractivity contribution is -0.167. The molecule has 0 aliphatic heterocycles. The van der Waals surface area contributed by atoms with Crippen LogP contribution in [0.4, 0.5) is 0 Å². The number of unbranched alkanes of at least 4 members (excludes halogenated alkanes) is 12. The summed E-state index contributed by atoms with van der Waals surface area (Å²) in [6, 6.07) is 9.72. The van der Waals surface area contributed by atoms with Crippen LogP contribution in [-0.2, 0) is 25.5 Å². The summed E-state index contributed by atoms with van der Waals surface area (Å²) in [4.78, 5) is 23.2. The van der Waals surface area contributed by atoms with Gasteiger partial charge in [0.2, 0.25) is 0 Å². The van der Waals surface area contributed by atoms with E-state index in [9.17, 15) is 9.59 Å². The molecular weight excluding hydrogens is 364 g/mol. The van der Waals surface area contributed by atoms with E-state index in [2.05, 4.69) is 6.92 Å². The van der Waals surface area contributed by atoms with Gasteiger partial charge in [-0.15, -0.1) is 0 Å². The normalized spacial score (nSPS) is 10.7. The van der Waals surface area contributed by atoms with Crippen LogP contribution >= 0.6 is 0 Å². The first-order valence-corrected chi connectivity index (χ1v) is 11.6. The molecule has 0 bridgehead atoms. The molecule has 4 heteroatoms. The molecule has 164 valence electrons. The zero-order chi connectivity index (χ0) is 21.0. The molecule has 0 spiro atoms. The van der Waals surface area contributed by atoms with Crippen molar-refractivity contribution in [3.63, 3.8) is 0 Å². The second-order valence-corrected chi connectivity index (χ2v) is 7.75. The second-order valence-electron chi connectivity index (χ2n) is 7.75. The highest BCUT2D eigenvalue weighted by Gasteiger charge is 2.16. The summed E-state index contributed by atoms with van der Waals surface area (Å²) in [5.41, 5.74) is 1.07. The third-order valence-corrected chi connectivity index (χ3v) is 5.11. The Bertz CT molecular complexity index is 527. The van der Waals surface area contributed by atoms with E-state index >= 15 is 0 Å². The van der Waals surface area contributed by atoms with E-state index in [0.717, 1.165) is 24.8 Å². The van der Waals surface area contributed by atoms with Gasteiger partial charge in [-0.1, -0.05) is 114 Å². The standard InChI is InChI=1S/C25H40O4/c1-2-3-4-5-6-7-8-9-10-11-12-13-17-21-28-24(26)25(27)29-22-20-23-18-15-14-16-19-23/h14-16,18-19H,2-13,17,20-22H2,1H3. The number of benzene rings is 1. The van der Waals surface area contributed by atoms with Crippen molar-refractivity contribution in [1.82, 2.24) is 0 Å². The van der Waals surface area contributed by atoms with E-state index < -0.39 is 11.9 Å². The Labute approximate surface area is 177 Å². The minimum atomic E-state index is -0.893. The number of carbonyl (C=O) groups is 2. The zero-order valence-corrected chi connectivity index (χ0v) is 18.3. The maximum Gasteiger partial charge on any atom is 0.417 e. The number of esters is 2. The molecule has 0 unspecified atom stereocenters. The molecule has 0 aromatic heterocycles. The first kappa shape index (κ1) is 25.2. The van der Waals surface area contributed by atoms with Gasteiger partial charge >= 0.3 is 11.9 Å². The maximum absolute atomic E-state index is 11.6. The van der Waals surface area contributed by atoms with Crippen molar-refractivity contribution in [2.75, 3.05) is 13.2 Å². The fourth-order valence-corrected chi connectivity index (χ4v) is 3.31. The number of carbonyl (C=O) groups excluding carboxylic acids is 2. The lowest BCUT2D eigenvalue weighted by Gasteiger charge is -2.06. The average Bonchev–Trinajstić information content (AvgIpc) is 2.74. The smallest absolute Gasteiger partial charge is 0.417 e. The molecule has 0 heterocycles. The molecule has 29 heavy (non-hydrogen) atoms. The SMILES string of the molecule is CCCCCCCCCCCCCCCOC(=O)C(=O)OCCc1ccccc1. The van der Waals surface area contributed by atoms with Crippen LogP contribution in [0, 0.1) is 0 Å². The van der Waals surface area contributed by atoms with Gasteiger partial charge in [-0.05, 0) is 12.0 Å².